The van der Waals surface area contributed by atoms with Gasteiger partial charge in [-0.25, -0.2) is 17.9 Å². The van der Waals surface area contributed by atoms with Gasteiger partial charge in [-0.3, -0.25) is 0 Å². The van der Waals surface area contributed by atoms with Crippen molar-refractivity contribution in [3.63, 3.8) is 0 Å². The fraction of sp³-hybridized carbons (Fsp3) is 0.188. The first-order chi connectivity index (χ1) is 12.0. The Morgan fingerprint density at radius 1 is 1.28 bits per heavy atom. The first-order valence-electron chi connectivity index (χ1n) is 7.28. The Kier molecular flexibility index (Phi) is 5.38. The summed E-state index contributed by atoms with van der Waals surface area (Å²) in [6.45, 7) is 0.240. The molecule has 0 saturated heterocycles. The van der Waals surface area contributed by atoms with E-state index in [1.54, 1.807) is 29.2 Å². The van der Waals surface area contributed by atoms with E-state index in [1.165, 1.54) is 13.2 Å². The van der Waals surface area contributed by atoms with Crippen LogP contribution in [0.25, 0.3) is 10.4 Å². The average Bonchev–Trinajstić information content (AvgIpc) is 3.32. The predicted octanol–water partition coefficient (Wildman–Crippen LogP) is 3.38. The van der Waals surface area contributed by atoms with Gasteiger partial charge in [0.25, 0.3) is 0 Å². The molecule has 6 nitrogen and oxygen atoms in total. The monoisotopic (exact) mass is 397 g/mol. The van der Waals surface area contributed by atoms with Crippen LogP contribution in [0.5, 0.6) is 0 Å². The number of hydrogen-bond acceptors (Lipinski definition) is 7. The molecular formula is C16H15NO5S3. The van der Waals surface area contributed by atoms with Crippen LogP contribution in [-0.4, -0.2) is 28.0 Å². The molecule has 9 heteroatoms. The van der Waals surface area contributed by atoms with E-state index in [4.69, 9.17) is 4.42 Å². The number of furan rings is 1. The molecule has 3 heterocycles. The van der Waals surface area contributed by atoms with Gasteiger partial charge in [-0.15, -0.1) is 22.7 Å². The van der Waals surface area contributed by atoms with E-state index in [1.807, 2.05) is 18.2 Å². The molecule has 3 aromatic rings. The lowest BCUT2D eigenvalue weighted by atomic mass is 10.3. The minimum atomic E-state index is -3.76. The molecule has 0 spiro atoms. The zero-order valence-corrected chi connectivity index (χ0v) is 15.7. The van der Waals surface area contributed by atoms with Crippen LogP contribution in [0.2, 0.25) is 0 Å². The fourth-order valence-corrected chi connectivity index (χ4v) is 5.57. The molecule has 0 aliphatic carbocycles. The number of thiophene rings is 2. The molecule has 0 saturated carbocycles. The Labute approximate surface area is 153 Å². The second kappa shape index (κ2) is 7.52. The Balaban J connectivity index is 1.64. The van der Waals surface area contributed by atoms with Gasteiger partial charge in [0.1, 0.15) is 9.77 Å². The summed E-state index contributed by atoms with van der Waals surface area (Å²) in [6, 6.07) is 7.23. The molecule has 0 amide bonds. The molecule has 0 aliphatic heterocycles. The average molecular weight is 397 g/mol. The summed E-state index contributed by atoms with van der Waals surface area (Å²) in [5, 5.41) is 1.55. The van der Waals surface area contributed by atoms with Gasteiger partial charge in [0.2, 0.25) is 10.0 Å². The van der Waals surface area contributed by atoms with Gasteiger partial charge in [-0.1, -0.05) is 0 Å². The van der Waals surface area contributed by atoms with Gasteiger partial charge in [0.05, 0.1) is 19.6 Å². The van der Waals surface area contributed by atoms with Crippen molar-refractivity contribution in [3.8, 4) is 10.4 Å². The SMILES string of the molecule is COC(=O)c1sccc1S(=O)(=O)NCCc1ccc(-c2ccoc2)s1. The van der Waals surface area contributed by atoms with Crippen molar-refractivity contribution in [2.24, 2.45) is 0 Å². The third-order valence-electron chi connectivity index (χ3n) is 3.42. The third kappa shape index (κ3) is 4.01. The number of rotatable bonds is 7. The van der Waals surface area contributed by atoms with Gasteiger partial charge in [0, 0.05) is 21.9 Å². The number of nitrogens with one attached hydrogen (secondary N) is 1. The van der Waals surface area contributed by atoms with E-state index in [0.717, 1.165) is 26.7 Å². The standard InChI is InChI=1S/C16H15NO5S3/c1-21-16(18)15-14(6-9-23-15)25(19,20)17-7-4-12-2-3-13(24-12)11-5-8-22-10-11/h2-3,5-6,8-10,17H,4,7H2,1H3. The van der Waals surface area contributed by atoms with Crippen LogP contribution in [0.3, 0.4) is 0 Å². The van der Waals surface area contributed by atoms with Gasteiger partial charge in [-0.2, -0.15) is 0 Å². The number of carbonyl (C=O) groups excluding carboxylic acids is 1. The van der Waals surface area contributed by atoms with Crippen LogP contribution in [-0.2, 0) is 21.2 Å². The minimum Gasteiger partial charge on any atom is -0.472 e. The Bertz CT molecular complexity index is 954. The molecule has 0 aliphatic rings. The molecule has 3 rings (SSSR count). The van der Waals surface area contributed by atoms with Crippen LogP contribution in [0.1, 0.15) is 14.5 Å². The summed E-state index contributed by atoms with van der Waals surface area (Å²) in [4.78, 5) is 13.8. The molecule has 0 radical (unpaired) electrons. The molecule has 0 unspecified atom stereocenters. The number of hydrogen-bond donors (Lipinski definition) is 1. The molecule has 0 bridgehead atoms. The van der Waals surface area contributed by atoms with E-state index in [2.05, 4.69) is 9.46 Å². The Morgan fingerprint density at radius 3 is 2.84 bits per heavy atom. The van der Waals surface area contributed by atoms with Crippen molar-refractivity contribution in [2.45, 2.75) is 11.3 Å². The zero-order chi connectivity index (χ0) is 17.9. The molecule has 0 fully saturated rings. The van der Waals surface area contributed by atoms with Crippen molar-refractivity contribution < 1.29 is 22.4 Å². The number of esters is 1. The number of ether oxygens (including phenoxy) is 1. The normalized spacial score (nSPS) is 11.6. The van der Waals surface area contributed by atoms with Gasteiger partial charge < -0.3 is 9.15 Å². The van der Waals surface area contributed by atoms with Crippen molar-refractivity contribution in [1.29, 1.82) is 0 Å². The maximum absolute atomic E-state index is 12.4. The van der Waals surface area contributed by atoms with Gasteiger partial charge >= 0.3 is 5.97 Å². The van der Waals surface area contributed by atoms with Crippen molar-refractivity contribution in [1.82, 2.24) is 4.72 Å². The van der Waals surface area contributed by atoms with Crippen LogP contribution < -0.4 is 4.72 Å². The summed E-state index contributed by atoms with van der Waals surface area (Å²) >= 11 is 2.62. The Hall–Kier alpha value is -1.94. The second-order valence-electron chi connectivity index (χ2n) is 5.03. The van der Waals surface area contributed by atoms with Gasteiger partial charge in [-0.05, 0) is 36.1 Å². The number of sulfonamides is 1. The van der Waals surface area contributed by atoms with Crippen LogP contribution in [0, 0.1) is 0 Å². The number of carbonyl (C=O) groups is 1. The molecule has 3 aromatic heterocycles. The van der Waals surface area contributed by atoms with Crippen LogP contribution >= 0.6 is 22.7 Å². The van der Waals surface area contributed by atoms with Crippen molar-refractivity contribution >= 4 is 38.7 Å². The smallest absolute Gasteiger partial charge is 0.349 e. The summed E-state index contributed by atoms with van der Waals surface area (Å²) in [6.07, 6.45) is 3.84. The van der Waals surface area contributed by atoms with E-state index < -0.39 is 16.0 Å². The van der Waals surface area contributed by atoms with Gasteiger partial charge in [0.15, 0.2) is 0 Å². The van der Waals surface area contributed by atoms with E-state index in [0.29, 0.717) is 6.42 Å². The van der Waals surface area contributed by atoms with Crippen molar-refractivity contribution in [3.05, 3.63) is 51.9 Å². The second-order valence-corrected chi connectivity index (χ2v) is 8.85. The quantitative estimate of drug-likeness (QED) is 0.618. The Morgan fingerprint density at radius 2 is 2.12 bits per heavy atom. The molecule has 132 valence electrons. The predicted molar refractivity (Wildman–Crippen MR) is 96.6 cm³/mol. The van der Waals surface area contributed by atoms with Crippen LogP contribution in [0.15, 0.2) is 51.5 Å². The van der Waals surface area contributed by atoms with Crippen molar-refractivity contribution in [2.75, 3.05) is 13.7 Å². The first kappa shape index (κ1) is 17.9. The number of methoxy groups -OCH3 is 1. The highest BCUT2D eigenvalue weighted by atomic mass is 32.2. The maximum Gasteiger partial charge on any atom is 0.349 e. The molecular weight excluding hydrogens is 382 g/mol. The summed E-state index contributed by atoms with van der Waals surface area (Å²) < 4.78 is 37.0. The molecule has 25 heavy (non-hydrogen) atoms. The topological polar surface area (TPSA) is 85.6 Å². The lowest BCUT2D eigenvalue weighted by molar-refractivity contribution is 0.0602. The minimum absolute atomic E-state index is 0.0467. The highest BCUT2D eigenvalue weighted by Crippen LogP contribution is 2.28. The molecule has 0 aromatic carbocycles. The summed E-state index contributed by atoms with van der Waals surface area (Å²) in [7, 11) is -2.54. The van der Waals surface area contributed by atoms with E-state index in [-0.39, 0.29) is 16.3 Å². The molecule has 1 N–H and O–H groups in total. The fourth-order valence-electron chi connectivity index (χ4n) is 2.21. The first-order valence-corrected chi connectivity index (χ1v) is 10.5. The summed E-state index contributed by atoms with van der Waals surface area (Å²) in [5.41, 5.74) is 0.998. The highest BCUT2D eigenvalue weighted by Gasteiger charge is 2.24. The summed E-state index contributed by atoms with van der Waals surface area (Å²) in [5.74, 6) is -0.654. The zero-order valence-electron chi connectivity index (χ0n) is 13.2. The highest BCUT2D eigenvalue weighted by molar-refractivity contribution is 7.89. The largest absolute Gasteiger partial charge is 0.472 e. The van der Waals surface area contributed by atoms with E-state index in [9.17, 15) is 13.2 Å². The van der Waals surface area contributed by atoms with E-state index >= 15 is 0 Å². The lowest BCUT2D eigenvalue weighted by Crippen LogP contribution is -2.26. The van der Waals surface area contributed by atoms with Crippen LogP contribution in [0.4, 0.5) is 0 Å². The molecule has 0 atom stereocenters. The maximum atomic E-state index is 12.4. The third-order valence-corrected chi connectivity index (χ3v) is 7.14. The lowest BCUT2D eigenvalue weighted by Gasteiger charge is -2.06.